The van der Waals surface area contributed by atoms with Crippen molar-refractivity contribution in [2.45, 2.75) is 32.6 Å². The van der Waals surface area contributed by atoms with E-state index in [0.717, 1.165) is 6.42 Å². The molecule has 1 aliphatic carbocycles. The van der Waals surface area contributed by atoms with Crippen LogP contribution in [0.1, 0.15) is 52.3 Å². The molecule has 5 aromatic rings. The highest BCUT2D eigenvalue weighted by atomic mass is 14.4. The van der Waals surface area contributed by atoms with Gasteiger partial charge in [-0.15, -0.1) is 0 Å². The summed E-state index contributed by atoms with van der Waals surface area (Å²) in [6.07, 6.45) is 8.11. The summed E-state index contributed by atoms with van der Waals surface area (Å²) in [6.45, 7) is 6.81. The Kier molecular flexibility index (Phi) is 7.10. The molecule has 0 bridgehead atoms. The minimum Gasteiger partial charge on any atom is -0.0808 e. The predicted octanol–water partition coefficient (Wildman–Crippen LogP) is 10.3. The van der Waals surface area contributed by atoms with Crippen molar-refractivity contribution in [2.24, 2.45) is 5.92 Å². The maximum Gasteiger partial charge on any atom is 0.0707 e. The van der Waals surface area contributed by atoms with Crippen LogP contribution in [0.2, 0.25) is 0 Å². The lowest BCUT2D eigenvalue weighted by Gasteiger charge is -2.39. The molecule has 0 spiro atoms. The Bertz CT molecular complexity index is 1630. The molecule has 40 heavy (non-hydrogen) atoms. The molecule has 1 aliphatic rings. The van der Waals surface area contributed by atoms with Crippen LogP contribution in [-0.2, 0) is 5.41 Å². The highest BCUT2D eigenvalue weighted by Crippen LogP contribution is 2.49. The molecule has 0 amide bonds. The van der Waals surface area contributed by atoms with Crippen molar-refractivity contribution in [2.75, 3.05) is 0 Å². The standard InChI is InChI=1S/C40H36/c1-29-19-23-33(24-20-29)35-26-22-31(3)39(28-35)40(36-15-9-5-10-16-36,37-17-11-6-12-18-37)38-27-34(25-21-30(38)2)32-13-7-4-8-14-32/h4-19,21-29H,20H2,1-3H3. The summed E-state index contributed by atoms with van der Waals surface area (Å²) in [5.41, 5.74) is 12.3. The van der Waals surface area contributed by atoms with Gasteiger partial charge < -0.3 is 0 Å². The first-order valence-electron chi connectivity index (χ1n) is 14.3. The topological polar surface area (TPSA) is 0 Å². The van der Waals surface area contributed by atoms with E-state index in [1.165, 1.54) is 55.6 Å². The predicted molar refractivity (Wildman–Crippen MR) is 171 cm³/mol. The maximum absolute atomic E-state index is 2.45. The molecular weight excluding hydrogens is 480 g/mol. The van der Waals surface area contributed by atoms with Crippen molar-refractivity contribution in [3.63, 3.8) is 0 Å². The van der Waals surface area contributed by atoms with Crippen molar-refractivity contribution in [1.29, 1.82) is 0 Å². The van der Waals surface area contributed by atoms with E-state index in [1.807, 2.05) is 0 Å². The van der Waals surface area contributed by atoms with Gasteiger partial charge in [-0.2, -0.15) is 0 Å². The van der Waals surface area contributed by atoms with Crippen LogP contribution in [0.5, 0.6) is 0 Å². The second kappa shape index (κ2) is 11.0. The molecule has 0 fully saturated rings. The van der Waals surface area contributed by atoms with Crippen molar-refractivity contribution < 1.29 is 0 Å². The van der Waals surface area contributed by atoms with Gasteiger partial charge in [0, 0.05) is 0 Å². The van der Waals surface area contributed by atoms with Gasteiger partial charge in [0.1, 0.15) is 0 Å². The van der Waals surface area contributed by atoms with E-state index in [0.29, 0.717) is 5.92 Å². The van der Waals surface area contributed by atoms with Gasteiger partial charge in [-0.3, -0.25) is 0 Å². The van der Waals surface area contributed by atoms with Crippen LogP contribution in [-0.4, -0.2) is 0 Å². The molecule has 0 N–H and O–H groups in total. The van der Waals surface area contributed by atoms with Gasteiger partial charge in [-0.05, 0) is 94.0 Å². The van der Waals surface area contributed by atoms with Crippen molar-refractivity contribution in [1.82, 2.24) is 0 Å². The van der Waals surface area contributed by atoms with Gasteiger partial charge in [-0.25, -0.2) is 0 Å². The highest BCUT2D eigenvalue weighted by molar-refractivity contribution is 5.77. The van der Waals surface area contributed by atoms with E-state index in [4.69, 9.17) is 0 Å². The summed E-state index contributed by atoms with van der Waals surface area (Å²) in [4.78, 5) is 0. The van der Waals surface area contributed by atoms with Crippen LogP contribution in [0.15, 0.2) is 146 Å². The van der Waals surface area contributed by atoms with Gasteiger partial charge >= 0.3 is 0 Å². The lowest BCUT2D eigenvalue weighted by atomic mass is 9.62. The van der Waals surface area contributed by atoms with E-state index < -0.39 is 5.41 Å². The molecule has 0 heteroatoms. The van der Waals surface area contributed by atoms with Gasteiger partial charge in [-0.1, -0.05) is 140 Å². The number of rotatable bonds is 6. The largest absolute Gasteiger partial charge is 0.0808 e. The molecule has 0 aliphatic heterocycles. The molecule has 0 saturated carbocycles. The summed E-state index contributed by atoms with van der Waals surface area (Å²) in [5, 5.41) is 0. The highest BCUT2D eigenvalue weighted by Gasteiger charge is 2.40. The average molecular weight is 517 g/mol. The fraction of sp³-hybridized carbons (Fsp3) is 0.150. The Morgan fingerprint density at radius 2 is 1.05 bits per heavy atom. The Morgan fingerprint density at radius 1 is 0.550 bits per heavy atom. The Balaban J connectivity index is 1.71. The zero-order chi connectivity index (χ0) is 27.5. The van der Waals surface area contributed by atoms with Crippen molar-refractivity contribution in [3.05, 3.63) is 185 Å². The number of hydrogen-bond acceptors (Lipinski definition) is 0. The van der Waals surface area contributed by atoms with E-state index >= 15 is 0 Å². The number of hydrogen-bond donors (Lipinski definition) is 0. The number of allylic oxidation sites excluding steroid dienone is 4. The second-order valence-electron chi connectivity index (χ2n) is 11.1. The fourth-order valence-corrected chi connectivity index (χ4v) is 6.29. The van der Waals surface area contributed by atoms with Crippen LogP contribution < -0.4 is 0 Å². The maximum atomic E-state index is 2.45. The molecule has 0 saturated heterocycles. The van der Waals surface area contributed by atoms with E-state index in [1.54, 1.807) is 0 Å². The van der Waals surface area contributed by atoms with E-state index in [2.05, 4.69) is 166 Å². The van der Waals surface area contributed by atoms with Crippen LogP contribution >= 0.6 is 0 Å². The lowest BCUT2D eigenvalue weighted by Crippen LogP contribution is -2.33. The monoisotopic (exact) mass is 516 g/mol. The first-order valence-corrected chi connectivity index (χ1v) is 14.3. The third-order valence-electron chi connectivity index (χ3n) is 8.45. The van der Waals surface area contributed by atoms with Gasteiger partial charge in [0.15, 0.2) is 0 Å². The normalized spacial score (nSPS) is 15.1. The zero-order valence-electron chi connectivity index (χ0n) is 23.6. The minimum absolute atomic E-state index is 0.496. The molecule has 1 atom stereocenters. The van der Waals surface area contributed by atoms with Crippen molar-refractivity contribution >= 4 is 5.57 Å². The Hall–Kier alpha value is -4.42. The number of benzene rings is 5. The number of aryl methyl sites for hydroxylation is 2. The minimum atomic E-state index is -0.496. The molecule has 0 heterocycles. The molecule has 5 aromatic carbocycles. The average Bonchev–Trinajstić information content (AvgIpc) is 3.01. The van der Waals surface area contributed by atoms with Gasteiger partial charge in [0.2, 0.25) is 0 Å². The summed E-state index contributed by atoms with van der Waals surface area (Å²) >= 11 is 0. The first kappa shape index (κ1) is 25.8. The molecule has 1 unspecified atom stereocenters. The third-order valence-corrected chi connectivity index (χ3v) is 8.45. The fourth-order valence-electron chi connectivity index (χ4n) is 6.29. The molecule has 196 valence electrons. The van der Waals surface area contributed by atoms with Gasteiger partial charge in [0.05, 0.1) is 5.41 Å². The van der Waals surface area contributed by atoms with Gasteiger partial charge in [0.25, 0.3) is 0 Å². The Labute approximate surface area is 239 Å². The summed E-state index contributed by atoms with van der Waals surface area (Å²) in [5.74, 6) is 0.588. The third kappa shape index (κ3) is 4.65. The molecule has 6 rings (SSSR count). The zero-order valence-corrected chi connectivity index (χ0v) is 23.6. The van der Waals surface area contributed by atoms with Crippen LogP contribution in [0, 0.1) is 19.8 Å². The SMILES string of the molecule is Cc1ccc(C2=CCC(C)C=C2)cc1C(c1ccccc1)(c1ccccc1)c1cc(-c2ccccc2)ccc1C. The Morgan fingerprint density at radius 3 is 1.57 bits per heavy atom. The van der Waals surface area contributed by atoms with E-state index in [9.17, 15) is 0 Å². The molecular formula is C40H36. The van der Waals surface area contributed by atoms with Crippen LogP contribution in [0.25, 0.3) is 16.7 Å². The lowest BCUT2D eigenvalue weighted by molar-refractivity contribution is 0.731. The quantitative estimate of drug-likeness (QED) is 0.197. The van der Waals surface area contributed by atoms with E-state index in [-0.39, 0.29) is 0 Å². The second-order valence-corrected chi connectivity index (χ2v) is 11.1. The summed E-state index contributed by atoms with van der Waals surface area (Å²) < 4.78 is 0. The molecule has 0 aromatic heterocycles. The van der Waals surface area contributed by atoms with Crippen LogP contribution in [0.4, 0.5) is 0 Å². The molecule has 0 radical (unpaired) electrons. The first-order chi connectivity index (χ1) is 19.6. The summed E-state index contributed by atoms with van der Waals surface area (Å²) in [7, 11) is 0. The smallest absolute Gasteiger partial charge is 0.0707 e. The van der Waals surface area contributed by atoms with Crippen LogP contribution in [0.3, 0.4) is 0 Å². The summed E-state index contributed by atoms with van der Waals surface area (Å²) in [6, 6.07) is 46.9. The molecule has 0 nitrogen and oxygen atoms in total. The van der Waals surface area contributed by atoms with Crippen molar-refractivity contribution in [3.8, 4) is 11.1 Å².